The SMILES string of the molecule is CCOc1ccc(C(=O)N2CC(c3nc(-c4cccs4)no3)C2)cc1OCC. The van der Waals surface area contributed by atoms with Crippen LogP contribution < -0.4 is 9.47 Å². The summed E-state index contributed by atoms with van der Waals surface area (Å²) in [6, 6.07) is 9.20. The lowest BCUT2D eigenvalue weighted by Gasteiger charge is -2.37. The molecule has 0 spiro atoms. The molecule has 2 aromatic heterocycles. The van der Waals surface area contributed by atoms with E-state index in [1.165, 1.54) is 0 Å². The monoisotopic (exact) mass is 399 g/mol. The fourth-order valence-electron chi connectivity index (χ4n) is 3.07. The van der Waals surface area contributed by atoms with E-state index in [1.54, 1.807) is 34.4 Å². The van der Waals surface area contributed by atoms with Crippen molar-refractivity contribution in [1.82, 2.24) is 15.0 Å². The molecule has 0 bridgehead atoms. The summed E-state index contributed by atoms with van der Waals surface area (Å²) in [5.41, 5.74) is 0.579. The van der Waals surface area contributed by atoms with E-state index in [0.29, 0.717) is 55.1 Å². The van der Waals surface area contributed by atoms with Crippen LogP contribution in [0.4, 0.5) is 0 Å². The van der Waals surface area contributed by atoms with Crippen LogP contribution in [0, 0.1) is 0 Å². The molecule has 0 unspecified atom stereocenters. The third kappa shape index (κ3) is 3.60. The standard InChI is InChI=1S/C20H21N3O4S/c1-3-25-15-8-7-13(10-16(15)26-4-2)20(24)23-11-14(12-23)19-21-18(22-27-19)17-6-5-9-28-17/h5-10,14H,3-4,11-12H2,1-2H3. The molecule has 3 heterocycles. The van der Waals surface area contributed by atoms with Crippen molar-refractivity contribution < 1.29 is 18.8 Å². The topological polar surface area (TPSA) is 77.7 Å². The van der Waals surface area contributed by atoms with Crippen LogP contribution in [0.25, 0.3) is 10.7 Å². The van der Waals surface area contributed by atoms with Crippen LogP contribution in [0.5, 0.6) is 11.5 Å². The van der Waals surface area contributed by atoms with Gasteiger partial charge in [-0.15, -0.1) is 11.3 Å². The van der Waals surface area contributed by atoms with Gasteiger partial charge in [0.05, 0.1) is 24.0 Å². The van der Waals surface area contributed by atoms with Crippen molar-refractivity contribution in [2.24, 2.45) is 0 Å². The summed E-state index contributed by atoms with van der Waals surface area (Å²) in [4.78, 5) is 20.0. The third-order valence-electron chi connectivity index (χ3n) is 4.49. The Hall–Kier alpha value is -2.87. The highest BCUT2D eigenvalue weighted by Gasteiger charge is 2.36. The van der Waals surface area contributed by atoms with Gasteiger partial charge in [-0.1, -0.05) is 11.2 Å². The van der Waals surface area contributed by atoms with E-state index >= 15 is 0 Å². The second kappa shape index (κ2) is 8.02. The van der Waals surface area contributed by atoms with Crippen LogP contribution in [0.2, 0.25) is 0 Å². The first-order valence-electron chi connectivity index (χ1n) is 9.26. The van der Waals surface area contributed by atoms with Crippen LogP contribution in [-0.2, 0) is 0 Å². The van der Waals surface area contributed by atoms with Gasteiger partial charge in [-0.2, -0.15) is 4.98 Å². The van der Waals surface area contributed by atoms with Gasteiger partial charge in [-0.3, -0.25) is 4.79 Å². The molecule has 28 heavy (non-hydrogen) atoms. The average Bonchev–Trinajstić information content (AvgIpc) is 3.34. The van der Waals surface area contributed by atoms with Crippen molar-refractivity contribution in [2.45, 2.75) is 19.8 Å². The van der Waals surface area contributed by atoms with E-state index in [0.717, 1.165) is 4.88 Å². The molecule has 0 atom stereocenters. The lowest BCUT2D eigenvalue weighted by Crippen LogP contribution is -2.48. The van der Waals surface area contributed by atoms with Crippen LogP contribution in [-0.4, -0.2) is 47.3 Å². The van der Waals surface area contributed by atoms with Gasteiger partial charge in [-0.05, 0) is 43.5 Å². The smallest absolute Gasteiger partial charge is 0.254 e. The van der Waals surface area contributed by atoms with Crippen molar-refractivity contribution in [3.8, 4) is 22.2 Å². The second-order valence-electron chi connectivity index (χ2n) is 6.37. The van der Waals surface area contributed by atoms with Crippen LogP contribution in [0.3, 0.4) is 0 Å². The number of thiophene rings is 1. The molecular formula is C20H21N3O4S. The summed E-state index contributed by atoms with van der Waals surface area (Å²) in [7, 11) is 0. The molecule has 4 rings (SSSR count). The predicted octanol–water partition coefficient (Wildman–Crippen LogP) is 3.84. The molecule has 1 aromatic carbocycles. The molecule has 3 aromatic rings. The molecule has 1 aliphatic rings. The summed E-state index contributed by atoms with van der Waals surface area (Å²) in [5.74, 6) is 2.44. The fraction of sp³-hybridized carbons (Fsp3) is 0.350. The Kier molecular flexibility index (Phi) is 5.29. The maximum absolute atomic E-state index is 12.8. The largest absolute Gasteiger partial charge is 0.490 e. The number of benzene rings is 1. The van der Waals surface area contributed by atoms with Crippen LogP contribution >= 0.6 is 11.3 Å². The highest BCUT2D eigenvalue weighted by Crippen LogP contribution is 2.32. The third-order valence-corrected chi connectivity index (χ3v) is 5.36. The normalized spacial score (nSPS) is 14.0. The van der Waals surface area contributed by atoms with E-state index < -0.39 is 0 Å². The van der Waals surface area contributed by atoms with Gasteiger partial charge >= 0.3 is 0 Å². The van der Waals surface area contributed by atoms with Crippen LogP contribution in [0.15, 0.2) is 40.2 Å². The van der Waals surface area contributed by atoms with Crippen LogP contribution in [0.1, 0.15) is 36.0 Å². The number of hydrogen-bond acceptors (Lipinski definition) is 7. The lowest BCUT2D eigenvalue weighted by atomic mass is 9.98. The van der Waals surface area contributed by atoms with Crippen molar-refractivity contribution in [3.05, 3.63) is 47.2 Å². The first-order valence-corrected chi connectivity index (χ1v) is 10.1. The van der Waals surface area contributed by atoms with Gasteiger partial charge in [-0.25, -0.2) is 0 Å². The number of hydrogen-bond donors (Lipinski definition) is 0. The first-order chi connectivity index (χ1) is 13.7. The Morgan fingerprint density at radius 3 is 2.71 bits per heavy atom. The highest BCUT2D eigenvalue weighted by atomic mass is 32.1. The quantitative estimate of drug-likeness (QED) is 0.601. The molecule has 0 radical (unpaired) electrons. The fourth-order valence-corrected chi connectivity index (χ4v) is 3.72. The lowest BCUT2D eigenvalue weighted by molar-refractivity contribution is 0.0568. The minimum absolute atomic E-state index is 0.0433. The summed E-state index contributed by atoms with van der Waals surface area (Å²) >= 11 is 1.57. The molecule has 0 N–H and O–H groups in total. The molecule has 1 fully saturated rings. The number of amides is 1. The zero-order valence-electron chi connectivity index (χ0n) is 15.8. The van der Waals surface area contributed by atoms with Crippen molar-refractivity contribution in [3.63, 3.8) is 0 Å². The number of ether oxygens (including phenoxy) is 2. The van der Waals surface area contributed by atoms with Crippen molar-refractivity contribution in [2.75, 3.05) is 26.3 Å². The van der Waals surface area contributed by atoms with E-state index in [1.807, 2.05) is 31.4 Å². The minimum Gasteiger partial charge on any atom is -0.490 e. The molecule has 1 saturated heterocycles. The van der Waals surface area contributed by atoms with Gasteiger partial charge in [0.1, 0.15) is 0 Å². The van der Waals surface area contributed by atoms with E-state index in [9.17, 15) is 4.79 Å². The summed E-state index contributed by atoms with van der Waals surface area (Å²) in [6.07, 6.45) is 0. The number of carbonyl (C=O) groups is 1. The van der Waals surface area contributed by atoms with Gasteiger partial charge in [0.25, 0.3) is 5.91 Å². The van der Waals surface area contributed by atoms with E-state index in [4.69, 9.17) is 14.0 Å². The average molecular weight is 399 g/mol. The van der Waals surface area contributed by atoms with E-state index in [2.05, 4.69) is 10.1 Å². The second-order valence-corrected chi connectivity index (χ2v) is 7.32. The highest BCUT2D eigenvalue weighted by molar-refractivity contribution is 7.13. The van der Waals surface area contributed by atoms with Gasteiger partial charge < -0.3 is 18.9 Å². The number of carbonyl (C=O) groups excluding carboxylic acids is 1. The van der Waals surface area contributed by atoms with E-state index in [-0.39, 0.29) is 11.8 Å². The molecule has 8 heteroatoms. The Bertz CT molecular complexity index is 948. The first kappa shape index (κ1) is 18.5. The number of nitrogens with zero attached hydrogens (tertiary/aromatic N) is 3. The zero-order chi connectivity index (χ0) is 19.5. The zero-order valence-corrected chi connectivity index (χ0v) is 16.6. The summed E-state index contributed by atoms with van der Waals surface area (Å²) in [6.45, 7) is 5.98. The number of rotatable bonds is 7. The van der Waals surface area contributed by atoms with Crippen molar-refractivity contribution in [1.29, 1.82) is 0 Å². The molecule has 146 valence electrons. The molecule has 0 aliphatic carbocycles. The van der Waals surface area contributed by atoms with Gasteiger partial charge in [0.15, 0.2) is 11.5 Å². The Labute approximate surface area is 166 Å². The van der Waals surface area contributed by atoms with Crippen molar-refractivity contribution >= 4 is 17.2 Å². The Balaban J connectivity index is 1.41. The molecule has 1 amide bonds. The summed E-state index contributed by atoms with van der Waals surface area (Å²) in [5, 5.41) is 6.01. The number of likely N-dealkylation sites (tertiary alicyclic amines) is 1. The number of aromatic nitrogens is 2. The van der Waals surface area contributed by atoms with Gasteiger partial charge in [0, 0.05) is 18.7 Å². The Morgan fingerprint density at radius 2 is 2.00 bits per heavy atom. The minimum atomic E-state index is -0.0433. The predicted molar refractivity (Wildman–Crippen MR) is 105 cm³/mol. The molecule has 1 aliphatic heterocycles. The maximum atomic E-state index is 12.8. The van der Waals surface area contributed by atoms with Gasteiger partial charge in [0.2, 0.25) is 11.7 Å². The molecular weight excluding hydrogens is 378 g/mol. The maximum Gasteiger partial charge on any atom is 0.254 e. The summed E-state index contributed by atoms with van der Waals surface area (Å²) < 4.78 is 16.6. The molecule has 0 saturated carbocycles. The molecule has 7 nitrogen and oxygen atoms in total. The Morgan fingerprint density at radius 1 is 1.21 bits per heavy atom.